The summed E-state index contributed by atoms with van der Waals surface area (Å²) in [5.74, 6) is -1.93. The maximum Gasteiger partial charge on any atom is 0.308 e. The topological polar surface area (TPSA) is 77.9 Å². The maximum atomic E-state index is 12.7. The summed E-state index contributed by atoms with van der Waals surface area (Å²) in [7, 11) is 0. The molecule has 0 spiro atoms. The van der Waals surface area contributed by atoms with Crippen LogP contribution in [0.1, 0.15) is 19.3 Å². The van der Waals surface area contributed by atoms with Gasteiger partial charge in [0.25, 0.3) is 0 Å². The van der Waals surface area contributed by atoms with Crippen molar-refractivity contribution in [2.45, 2.75) is 19.3 Å². The molecule has 2 amide bonds. The minimum absolute atomic E-state index is 0.0711. The monoisotopic (exact) mass is 394 g/mol. The summed E-state index contributed by atoms with van der Waals surface area (Å²) in [4.78, 5) is 39.4. The lowest BCUT2D eigenvalue weighted by Gasteiger charge is -2.32. The van der Waals surface area contributed by atoms with Gasteiger partial charge in [0.1, 0.15) is 0 Å². The Kier molecular flexibility index (Phi) is 4.89. The number of anilines is 1. The van der Waals surface area contributed by atoms with Gasteiger partial charge in [-0.05, 0) is 31.0 Å². The fraction of sp³-hybridized carbons (Fsp3) is 0.471. The number of carbonyl (C=O) groups is 3. The third-order valence-corrected chi connectivity index (χ3v) is 5.17. The first-order valence-corrected chi connectivity index (χ1v) is 8.82. The van der Waals surface area contributed by atoms with Crippen molar-refractivity contribution in [1.29, 1.82) is 0 Å². The molecule has 24 heavy (non-hydrogen) atoms. The minimum atomic E-state index is -0.856. The number of carboxylic acids is 1. The summed E-state index contributed by atoms with van der Waals surface area (Å²) in [6.45, 7) is 1.17. The summed E-state index contributed by atoms with van der Waals surface area (Å²) < 4.78 is 0.878. The van der Waals surface area contributed by atoms with Crippen molar-refractivity contribution in [3.05, 3.63) is 28.7 Å². The van der Waals surface area contributed by atoms with E-state index in [2.05, 4.69) is 15.9 Å². The van der Waals surface area contributed by atoms with Crippen molar-refractivity contribution in [2.24, 2.45) is 11.8 Å². The highest BCUT2D eigenvalue weighted by atomic mass is 79.9. The van der Waals surface area contributed by atoms with Crippen LogP contribution in [0.25, 0.3) is 0 Å². The molecule has 1 aromatic rings. The third-order valence-electron chi connectivity index (χ3n) is 4.68. The Labute approximate surface area is 148 Å². The lowest BCUT2D eigenvalue weighted by atomic mass is 9.96. The van der Waals surface area contributed by atoms with Gasteiger partial charge in [-0.2, -0.15) is 0 Å². The van der Waals surface area contributed by atoms with E-state index in [1.54, 1.807) is 9.80 Å². The van der Waals surface area contributed by atoms with Crippen LogP contribution >= 0.6 is 15.9 Å². The molecular weight excluding hydrogens is 376 g/mol. The smallest absolute Gasteiger partial charge is 0.308 e. The number of carboxylic acid groups (broad SMARTS) is 1. The molecule has 0 aromatic heterocycles. The molecule has 2 saturated heterocycles. The van der Waals surface area contributed by atoms with E-state index in [1.165, 1.54) is 0 Å². The van der Waals surface area contributed by atoms with Gasteiger partial charge in [0.05, 0.1) is 11.8 Å². The zero-order valence-electron chi connectivity index (χ0n) is 13.2. The average molecular weight is 395 g/mol. The fourth-order valence-electron chi connectivity index (χ4n) is 3.40. The summed E-state index contributed by atoms with van der Waals surface area (Å²) in [6.07, 6.45) is 1.48. The molecule has 3 rings (SSSR count). The normalized spacial score (nSPS) is 24.3. The van der Waals surface area contributed by atoms with E-state index < -0.39 is 17.8 Å². The largest absolute Gasteiger partial charge is 0.481 e. The highest BCUT2D eigenvalue weighted by Gasteiger charge is 2.39. The SMILES string of the molecule is O=C(O)[C@H]1CCCN(C(=O)C2CC(=O)N(c3cccc(Br)c3)C2)C1. The second-order valence-electron chi connectivity index (χ2n) is 6.35. The minimum Gasteiger partial charge on any atom is -0.481 e. The van der Waals surface area contributed by atoms with Gasteiger partial charge in [0.2, 0.25) is 11.8 Å². The Bertz CT molecular complexity index is 678. The molecule has 1 unspecified atom stereocenters. The molecule has 1 aromatic carbocycles. The van der Waals surface area contributed by atoms with Crippen LogP contribution in [0, 0.1) is 11.8 Å². The number of aliphatic carboxylic acids is 1. The van der Waals surface area contributed by atoms with E-state index >= 15 is 0 Å². The quantitative estimate of drug-likeness (QED) is 0.851. The van der Waals surface area contributed by atoms with Crippen LogP contribution in [0.2, 0.25) is 0 Å². The summed E-state index contributed by atoms with van der Waals surface area (Å²) >= 11 is 3.39. The van der Waals surface area contributed by atoms with Gasteiger partial charge in [-0.15, -0.1) is 0 Å². The van der Waals surface area contributed by atoms with Gasteiger partial charge >= 0.3 is 5.97 Å². The molecule has 2 aliphatic heterocycles. The van der Waals surface area contributed by atoms with Crippen molar-refractivity contribution in [3.63, 3.8) is 0 Å². The predicted octanol–water partition coefficient (Wildman–Crippen LogP) is 2.13. The number of amides is 2. The van der Waals surface area contributed by atoms with Crippen molar-refractivity contribution in [2.75, 3.05) is 24.5 Å². The Morgan fingerprint density at radius 3 is 2.71 bits per heavy atom. The molecule has 6 nitrogen and oxygen atoms in total. The summed E-state index contributed by atoms with van der Waals surface area (Å²) in [6, 6.07) is 7.43. The number of benzene rings is 1. The molecule has 7 heteroatoms. The van der Waals surface area contributed by atoms with Gasteiger partial charge in [-0.3, -0.25) is 14.4 Å². The molecule has 0 saturated carbocycles. The summed E-state index contributed by atoms with van der Waals surface area (Å²) in [5.41, 5.74) is 0.770. The van der Waals surface area contributed by atoms with Crippen LogP contribution in [0.4, 0.5) is 5.69 Å². The first-order valence-electron chi connectivity index (χ1n) is 8.03. The Morgan fingerprint density at radius 1 is 1.21 bits per heavy atom. The number of piperidine rings is 1. The zero-order chi connectivity index (χ0) is 17.3. The Hall–Kier alpha value is -1.89. The van der Waals surface area contributed by atoms with Gasteiger partial charge in [0.15, 0.2) is 0 Å². The molecule has 1 N–H and O–H groups in total. The highest BCUT2D eigenvalue weighted by molar-refractivity contribution is 9.10. The number of hydrogen-bond acceptors (Lipinski definition) is 3. The molecule has 128 valence electrons. The zero-order valence-corrected chi connectivity index (χ0v) is 14.7. The summed E-state index contributed by atoms with van der Waals surface area (Å²) in [5, 5.41) is 9.16. The van der Waals surface area contributed by atoms with Gasteiger partial charge in [-0.25, -0.2) is 0 Å². The first-order chi connectivity index (χ1) is 11.5. The van der Waals surface area contributed by atoms with E-state index in [0.717, 1.165) is 10.2 Å². The first kappa shape index (κ1) is 17.0. The molecule has 0 radical (unpaired) electrons. The molecule has 0 aliphatic carbocycles. The molecule has 2 heterocycles. The van der Waals surface area contributed by atoms with E-state index in [4.69, 9.17) is 5.11 Å². The third kappa shape index (κ3) is 3.45. The Morgan fingerprint density at radius 2 is 2.00 bits per heavy atom. The molecule has 0 bridgehead atoms. The van der Waals surface area contributed by atoms with Crippen molar-refractivity contribution in [1.82, 2.24) is 4.90 Å². The van der Waals surface area contributed by atoms with Crippen LogP contribution in [0.3, 0.4) is 0 Å². The van der Waals surface area contributed by atoms with E-state index in [9.17, 15) is 14.4 Å². The van der Waals surface area contributed by atoms with Crippen molar-refractivity contribution < 1.29 is 19.5 Å². The average Bonchev–Trinajstić information content (AvgIpc) is 2.96. The van der Waals surface area contributed by atoms with Crippen LogP contribution < -0.4 is 4.90 Å². The molecule has 2 atom stereocenters. The van der Waals surface area contributed by atoms with Crippen molar-refractivity contribution in [3.8, 4) is 0 Å². The van der Waals surface area contributed by atoms with E-state index in [-0.39, 0.29) is 24.8 Å². The number of halogens is 1. The van der Waals surface area contributed by atoms with Gasteiger partial charge in [-0.1, -0.05) is 22.0 Å². The van der Waals surface area contributed by atoms with E-state index in [0.29, 0.717) is 25.9 Å². The molecule has 2 aliphatic rings. The van der Waals surface area contributed by atoms with Crippen LogP contribution in [0.5, 0.6) is 0 Å². The Balaban J connectivity index is 1.69. The second-order valence-corrected chi connectivity index (χ2v) is 7.26. The molecular formula is C17H19BrN2O4. The van der Waals surface area contributed by atoms with Crippen LogP contribution in [-0.4, -0.2) is 47.4 Å². The lowest BCUT2D eigenvalue weighted by molar-refractivity contribution is -0.146. The molecule has 2 fully saturated rings. The van der Waals surface area contributed by atoms with E-state index in [1.807, 2.05) is 24.3 Å². The standard InChI is InChI=1S/C17H19BrN2O4/c18-13-4-1-5-14(8-13)20-10-12(7-15(20)21)16(22)19-6-2-3-11(9-19)17(23)24/h1,4-5,8,11-12H,2-3,6-7,9-10H2,(H,23,24)/t11-,12?/m0/s1. The second kappa shape index (κ2) is 6.93. The number of hydrogen-bond donors (Lipinski definition) is 1. The predicted molar refractivity (Wildman–Crippen MR) is 91.5 cm³/mol. The van der Waals surface area contributed by atoms with Crippen molar-refractivity contribution >= 4 is 39.4 Å². The van der Waals surface area contributed by atoms with Crippen LogP contribution in [-0.2, 0) is 14.4 Å². The van der Waals surface area contributed by atoms with Crippen LogP contribution in [0.15, 0.2) is 28.7 Å². The highest BCUT2D eigenvalue weighted by Crippen LogP contribution is 2.29. The number of carbonyl (C=O) groups excluding carboxylic acids is 2. The maximum absolute atomic E-state index is 12.7. The number of rotatable bonds is 3. The fourth-order valence-corrected chi connectivity index (χ4v) is 3.79. The van der Waals surface area contributed by atoms with Gasteiger partial charge < -0.3 is 14.9 Å². The number of nitrogens with zero attached hydrogens (tertiary/aromatic N) is 2. The number of likely N-dealkylation sites (tertiary alicyclic amines) is 1. The lowest BCUT2D eigenvalue weighted by Crippen LogP contribution is -2.45. The van der Waals surface area contributed by atoms with Gasteiger partial charge in [0, 0.05) is 36.2 Å².